The van der Waals surface area contributed by atoms with Gasteiger partial charge in [-0.25, -0.2) is 4.57 Å². The Balaban J connectivity index is 1.97. The van der Waals surface area contributed by atoms with Gasteiger partial charge in [0.15, 0.2) is 0 Å². The lowest BCUT2D eigenvalue weighted by Gasteiger charge is -2.29. The van der Waals surface area contributed by atoms with Gasteiger partial charge in [-0.3, -0.25) is 4.52 Å². The predicted octanol–water partition coefficient (Wildman–Crippen LogP) is 6.86. The van der Waals surface area contributed by atoms with Crippen LogP contribution in [0.5, 0.6) is 0 Å². The first kappa shape index (κ1) is 18.5. The van der Waals surface area contributed by atoms with Gasteiger partial charge in [0.25, 0.3) is 0 Å². The van der Waals surface area contributed by atoms with Crippen molar-refractivity contribution < 1.29 is 13.6 Å². The van der Waals surface area contributed by atoms with E-state index >= 15 is 0 Å². The molecule has 140 valence electrons. The molecule has 4 rings (SSSR count). The Hall–Kier alpha value is -2.87. The average molecular weight is 388 g/mol. The van der Waals surface area contributed by atoms with Gasteiger partial charge in [0.1, 0.15) is 5.76 Å². The normalized spacial score (nSPS) is 19.1. The number of rotatable bonds is 5. The van der Waals surface area contributed by atoms with Gasteiger partial charge in [-0.2, -0.15) is 0 Å². The highest BCUT2D eigenvalue weighted by molar-refractivity contribution is 7.65. The highest BCUT2D eigenvalue weighted by Crippen LogP contribution is 2.66. The molecule has 0 saturated carbocycles. The molecule has 1 atom stereocenters. The van der Waals surface area contributed by atoms with Crippen molar-refractivity contribution in [3.63, 3.8) is 0 Å². The lowest BCUT2D eigenvalue weighted by Crippen LogP contribution is -2.06. The van der Waals surface area contributed by atoms with Crippen LogP contribution in [0.15, 0.2) is 97.1 Å². The summed E-state index contributed by atoms with van der Waals surface area (Å²) in [5.74, 6) is 0.572. The van der Waals surface area contributed by atoms with Crippen LogP contribution >= 0.6 is 7.60 Å². The van der Waals surface area contributed by atoms with Crippen molar-refractivity contribution >= 4 is 24.2 Å². The number of hydrogen-bond acceptors (Lipinski definition) is 3. The summed E-state index contributed by atoms with van der Waals surface area (Å²) in [6, 6.07) is 29.4. The van der Waals surface area contributed by atoms with Gasteiger partial charge in [0, 0.05) is 11.1 Å². The summed E-state index contributed by atoms with van der Waals surface area (Å²) in [7, 11) is -3.52. The Kier molecular flexibility index (Phi) is 5.29. The quantitative estimate of drug-likeness (QED) is 0.448. The number of allylic oxidation sites excluding steroid dienone is 2. The van der Waals surface area contributed by atoms with Crippen LogP contribution in [-0.2, 0) is 13.6 Å². The van der Waals surface area contributed by atoms with Crippen molar-refractivity contribution in [2.45, 2.75) is 6.92 Å². The predicted molar refractivity (Wildman–Crippen MR) is 114 cm³/mol. The summed E-state index contributed by atoms with van der Waals surface area (Å²) in [4.78, 5) is 0. The molecule has 28 heavy (non-hydrogen) atoms. The molecule has 3 nitrogen and oxygen atoms in total. The van der Waals surface area contributed by atoms with Crippen LogP contribution in [0.1, 0.15) is 23.6 Å². The van der Waals surface area contributed by atoms with Crippen LogP contribution in [-0.4, -0.2) is 6.61 Å². The lowest BCUT2D eigenvalue weighted by atomic mass is 9.99. The first-order chi connectivity index (χ1) is 13.7. The van der Waals surface area contributed by atoms with Crippen molar-refractivity contribution in [1.82, 2.24) is 0 Å². The summed E-state index contributed by atoms with van der Waals surface area (Å²) in [5, 5.41) is 0.577. The molecule has 3 aromatic rings. The van der Waals surface area contributed by atoms with E-state index in [1.807, 2.05) is 104 Å². The van der Waals surface area contributed by atoms with Crippen molar-refractivity contribution in [1.29, 1.82) is 0 Å². The van der Waals surface area contributed by atoms with Gasteiger partial charge < -0.3 is 4.52 Å². The molecule has 1 aliphatic rings. The SMILES string of the molecule is CCOP1(=O)OC(c2ccccc2)=C(c2ccccc2)C=C1c1ccccc1. The van der Waals surface area contributed by atoms with E-state index in [1.54, 1.807) is 0 Å². The van der Waals surface area contributed by atoms with E-state index < -0.39 is 7.60 Å². The molecule has 3 aromatic carbocycles. The molecule has 0 fully saturated rings. The van der Waals surface area contributed by atoms with E-state index in [1.165, 1.54) is 0 Å². The zero-order chi connectivity index (χ0) is 19.4. The first-order valence-corrected chi connectivity index (χ1v) is 10.8. The number of hydrogen-bond donors (Lipinski definition) is 0. The monoisotopic (exact) mass is 388 g/mol. The molecule has 0 radical (unpaired) electrons. The zero-order valence-electron chi connectivity index (χ0n) is 15.6. The second-order valence-corrected chi connectivity index (χ2v) is 8.29. The van der Waals surface area contributed by atoms with Crippen LogP contribution < -0.4 is 0 Å². The Morgan fingerprint density at radius 1 is 0.750 bits per heavy atom. The Bertz CT molecular complexity index is 1050. The van der Waals surface area contributed by atoms with Crippen molar-refractivity contribution in [3.8, 4) is 0 Å². The van der Waals surface area contributed by atoms with Gasteiger partial charge in [-0.05, 0) is 24.1 Å². The van der Waals surface area contributed by atoms with Crippen molar-refractivity contribution in [2.75, 3.05) is 6.61 Å². The van der Waals surface area contributed by atoms with E-state index in [-0.39, 0.29) is 0 Å². The van der Waals surface area contributed by atoms with E-state index in [9.17, 15) is 4.57 Å². The molecule has 1 heterocycles. The Labute approximate surface area is 165 Å². The average Bonchev–Trinajstić information content (AvgIpc) is 2.75. The molecule has 0 aliphatic carbocycles. The fourth-order valence-electron chi connectivity index (χ4n) is 3.25. The van der Waals surface area contributed by atoms with Crippen LogP contribution in [0.25, 0.3) is 16.6 Å². The van der Waals surface area contributed by atoms with E-state index in [0.29, 0.717) is 17.7 Å². The minimum absolute atomic E-state index is 0.296. The zero-order valence-corrected chi connectivity index (χ0v) is 16.5. The Morgan fingerprint density at radius 2 is 1.25 bits per heavy atom. The third-order valence-electron chi connectivity index (χ3n) is 4.52. The Morgan fingerprint density at radius 3 is 1.79 bits per heavy atom. The largest absolute Gasteiger partial charge is 0.420 e. The number of benzene rings is 3. The van der Waals surface area contributed by atoms with Gasteiger partial charge in [-0.1, -0.05) is 91.0 Å². The van der Waals surface area contributed by atoms with Crippen molar-refractivity contribution in [2.24, 2.45) is 0 Å². The van der Waals surface area contributed by atoms with Gasteiger partial charge in [0.2, 0.25) is 0 Å². The second kappa shape index (κ2) is 8.02. The second-order valence-electron chi connectivity index (χ2n) is 6.38. The summed E-state index contributed by atoms with van der Waals surface area (Å²) in [6.07, 6.45) is 1.95. The fraction of sp³-hybridized carbons (Fsp3) is 0.0833. The van der Waals surface area contributed by atoms with Crippen molar-refractivity contribution in [3.05, 3.63) is 114 Å². The van der Waals surface area contributed by atoms with Gasteiger partial charge in [0.05, 0.1) is 11.9 Å². The third kappa shape index (κ3) is 3.60. The topological polar surface area (TPSA) is 35.5 Å². The van der Waals surface area contributed by atoms with Crippen LogP contribution in [0.2, 0.25) is 0 Å². The van der Waals surface area contributed by atoms with Gasteiger partial charge in [-0.15, -0.1) is 0 Å². The molecule has 0 saturated heterocycles. The summed E-state index contributed by atoms with van der Waals surface area (Å²) >= 11 is 0. The van der Waals surface area contributed by atoms with E-state index in [0.717, 1.165) is 22.3 Å². The van der Waals surface area contributed by atoms with Crippen LogP contribution in [0.3, 0.4) is 0 Å². The molecule has 0 amide bonds. The summed E-state index contributed by atoms with van der Waals surface area (Å²) in [5.41, 5.74) is 3.58. The lowest BCUT2D eigenvalue weighted by molar-refractivity contribution is 0.280. The summed E-state index contributed by atoms with van der Waals surface area (Å²) < 4.78 is 25.7. The minimum atomic E-state index is -3.52. The molecule has 4 heteroatoms. The highest BCUT2D eigenvalue weighted by Gasteiger charge is 2.38. The molecule has 1 unspecified atom stereocenters. The maximum atomic E-state index is 13.8. The molecule has 0 bridgehead atoms. The molecule has 0 N–H and O–H groups in total. The molecule has 0 spiro atoms. The summed E-state index contributed by atoms with van der Waals surface area (Å²) in [6.45, 7) is 2.12. The maximum Gasteiger partial charge on any atom is 0.411 e. The van der Waals surface area contributed by atoms with Crippen LogP contribution in [0.4, 0.5) is 0 Å². The molecule has 0 aromatic heterocycles. The third-order valence-corrected chi connectivity index (χ3v) is 6.52. The molecule has 1 aliphatic heterocycles. The first-order valence-electron chi connectivity index (χ1n) is 9.28. The van der Waals surface area contributed by atoms with Gasteiger partial charge >= 0.3 is 7.60 Å². The van der Waals surface area contributed by atoms with E-state index in [2.05, 4.69) is 0 Å². The molecular formula is C24H21O3P. The maximum absolute atomic E-state index is 13.8. The van der Waals surface area contributed by atoms with Crippen LogP contribution in [0, 0.1) is 0 Å². The smallest absolute Gasteiger partial charge is 0.411 e. The fourth-order valence-corrected chi connectivity index (χ4v) is 5.07. The highest BCUT2D eigenvalue weighted by atomic mass is 31.2. The minimum Gasteiger partial charge on any atom is -0.420 e. The standard InChI is InChI=1S/C24H21O3P/c1-2-26-28(25)23(20-14-8-4-9-15-20)18-22(19-12-6-3-7-13-19)24(27-28)21-16-10-5-11-17-21/h3-18H,2H2,1H3. The van der Waals surface area contributed by atoms with E-state index in [4.69, 9.17) is 9.05 Å². The molecular weight excluding hydrogens is 367 g/mol.